The van der Waals surface area contributed by atoms with E-state index in [9.17, 15) is 0 Å². The van der Waals surface area contributed by atoms with Gasteiger partial charge >= 0.3 is 0 Å². The molecule has 0 saturated carbocycles. The topological polar surface area (TPSA) is 48.1 Å². The fourth-order valence-electron chi connectivity index (χ4n) is 2.11. The number of benzene rings is 2. The lowest BCUT2D eigenvalue weighted by molar-refractivity contribution is 0.471. The van der Waals surface area contributed by atoms with Gasteiger partial charge in [-0.05, 0) is 35.7 Å². The van der Waals surface area contributed by atoms with Crippen LogP contribution in [0.4, 0.5) is 5.69 Å². The Bertz CT molecular complexity index is 749. The third-order valence-electron chi connectivity index (χ3n) is 3.13. The van der Waals surface area contributed by atoms with E-state index < -0.39 is 0 Å². The van der Waals surface area contributed by atoms with Crippen LogP contribution in [-0.4, -0.2) is 4.98 Å². The monoisotopic (exact) mass is 284 g/mol. The zero-order valence-corrected chi connectivity index (χ0v) is 12.3. The molecule has 3 rings (SSSR count). The quantitative estimate of drug-likeness (QED) is 0.703. The summed E-state index contributed by atoms with van der Waals surface area (Å²) in [6.07, 6.45) is 0. The number of nitrogens with zero attached hydrogens (tertiary/aromatic N) is 1. The van der Waals surface area contributed by atoms with E-state index in [1.807, 2.05) is 36.4 Å². The van der Waals surface area contributed by atoms with Crippen molar-refractivity contribution >= 4 is 27.2 Å². The molecular formula is C16H16N2OS. The lowest BCUT2D eigenvalue weighted by atomic mass is 10.0. The summed E-state index contributed by atoms with van der Waals surface area (Å²) in [5, 5.41) is 0.652. The highest BCUT2D eigenvalue weighted by molar-refractivity contribution is 7.20. The van der Waals surface area contributed by atoms with Gasteiger partial charge in [0, 0.05) is 5.69 Å². The molecule has 0 aliphatic carbocycles. The van der Waals surface area contributed by atoms with Crippen molar-refractivity contribution in [1.29, 1.82) is 0 Å². The molecular weight excluding hydrogens is 268 g/mol. The molecule has 0 saturated heterocycles. The van der Waals surface area contributed by atoms with Crippen LogP contribution in [0, 0.1) is 0 Å². The van der Waals surface area contributed by atoms with Gasteiger partial charge in [0.15, 0.2) is 0 Å². The first-order valence-corrected chi connectivity index (χ1v) is 7.38. The zero-order chi connectivity index (χ0) is 14.1. The van der Waals surface area contributed by atoms with Crippen molar-refractivity contribution in [2.45, 2.75) is 19.8 Å². The number of nitrogens with two attached hydrogens (primary N) is 1. The van der Waals surface area contributed by atoms with Crippen molar-refractivity contribution in [2.24, 2.45) is 0 Å². The predicted octanol–water partition coefficient (Wildman–Crippen LogP) is 4.79. The molecule has 0 bridgehead atoms. The number of aromatic nitrogens is 1. The largest absolute Gasteiger partial charge is 0.431 e. The van der Waals surface area contributed by atoms with Gasteiger partial charge in [-0.25, -0.2) is 4.98 Å². The molecule has 2 N–H and O–H groups in total. The second kappa shape index (κ2) is 5.13. The average molecular weight is 284 g/mol. The van der Waals surface area contributed by atoms with Crippen molar-refractivity contribution < 1.29 is 4.74 Å². The molecule has 0 atom stereocenters. The number of para-hydroxylation sites is 1. The van der Waals surface area contributed by atoms with E-state index in [4.69, 9.17) is 10.5 Å². The summed E-state index contributed by atoms with van der Waals surface area (Å²) >= 11 is 1.51. The Labute approximate surface area is 122 Å². The van der Waals surface area contributed by atoms with Crippen molar-refractivity contribution in [3.05, 3.63) is 48.0 Å². The van der Waals surface area contributed by atoms with Gasteiger partial charge in [0.2, 0.25) is 0 Å². The molecule has 4 heteroatoms. The standard InChI is InChI=1S/C16H16N2OS/c1-10(2)12-5-3-4-6-14(12)19-16-18-13-8-7-11(17)9-15(13)20-16/h3-10H,17H2,1-2H3. The van der Waals surface area contributed by atoms with Crippen molar-refractivity contribution in [3.8, 4) is 10.9 Å². The van der Waals surface area contributed by atoms with Gasteiger partial charge in [0.1, 0.15) is 5.75 Å². The van der Waals surface area contributed by atoms with Crippen LogP contribution in [0.25, 0.3) is 10.2 Å². The van der Waals surface area contributed by atoms with Gasteiger partial charge in [-0.15, -0.1) is 0 Å². The first kappa shape index (κ1) is 12.9. The lowest BCUT2D eigenvalue weighted by Crippen LogP contribution is -1.92. The minimum atomic E-state index is 0.413. The molecule has 0 aliphatic heterocycles. The summed E-state index contributed by atoms with van der Waals surface area (Å²) in [5.41, 5.74) is 8.64. The van der Waals surface area contributed by atoms with Crippen LogP contribution in [0.15, 0.2) is 42.5 Å². The maximum absolute atomic E-state index is 5.96. The number of hydrogen-bond donors (Lipinski definition) is 1. The maximum atomic E-state index is 5.96. The highest BCUT2D eigenvalue weighted by Gasteiger charge is 2.11. The summed E-state index contributed by atoms with van der Waals surface area (Å²) in [7, 11) is 0. The molecule has 0 unspecified atom stereocenters. The Morgan fingerprint density at radius 2 is 1.95 bits per heavy atom. The molecule has 2 aromatic carbocycles. The predicted molar refractivity (Wildman–Crippen MR) is 84.6 cm³/mol. The molecule has 1 heterocycles. The van der Waals surface area contributed by atoms with Gasteiger partial charge in [-0.2, -0.15) is 0 Å². The van der Waals surface area contributed by atoms with Crippen LogP contribution in [0.5, 0.6) is 10.9 Å². The van der Waals surface area contributed by atoms with Gasteiger partial charge in [0.05, 0.1) is 10.2 Å². The molecule has 3 nitrogen and oxygen atoms in total. The first-order valence-electron chi connectivity index (χ1n) is 6.56. The van der Waals surface area contributed by atoms with Crippen LogP contribution in [0.1, 0.15) is 25.3 Å². The molecule has 1 aromatic heterocycles. The third kappa shape index (κ3) is 2.47. The smallest absolute Gasteiger partial charge is 0.279 e. The molecule has 0 aliphatic rings. The Balaban J connectivity index is 1.97. The van der Waals surface area contributed by atoms with E-state index in [2.05, 4.69) is 24.9 Å². The summed E-state index contributed by atoms with van der Waals surface area (Å²) in [6.45, 7) is 4.31. The number of fused-ring (bicyclic) bond motifs is 1. The van der Waals surface area contributed by atoms with Gasteiger partial charge in [-0.1, -0.05) is 43.4 Å². The van der Waals surface area contributed by atoms with Crippen molar-refractivity contribution in [1.82, 2.24) is 4.98 Å². The van der Waals surface area contributed by atoms with Crippen LogP contribution < -0.4 is 10.5 Å². The van der Waals surface area contributed by atoms with E-state index in [1.54, 1.807) is 0 Å². The second-order valence-electron chi connectivity index (χ2n) is 5.00. The number of nitrogen functional groups attached to an aromatic ring is 1. The van der Waals surface area contributed by atoms with E-state index in [1.165, 1.54) is 16.9 Å². The minimum absolute atomic E-state index is 0.413. The summed E-state index contributed by atoms with van der Waals surface area (Å²) in [5.74, 6) is 1.28. The lowest BCUT2D eigenvalue weighted by Gasteiger charge is -2.11. The van der Waals surface area contributed by atoms with Gasteiger partial charge < -0.3 is 10.5 Å². The molecule has 3 aromatic rings. The van der Waals surface area contributed by atoms with E-state index >= 15 is 0 Å². The molecule has 0 fully saturated rings. The van der Waals surface area contributed by atoms with Crippen molar-refractivity contribution in [3.63, 3.8) is 0 Å². The Hall–Kier alpha value is -2.07. The first-order chi connectivity index (χ1) is 9.63. The average Bonchev–Trinajstić information content (AvgIpc) is 2.80. The van der Waals surface area contributed by atoms with Crippen LogP contribution in [-0.2, 0) is 0 Å². The number of rotatable bonds is 3. The number of thiazole rings is 1. The Morgan fingerprint density at radius 1 is 1.15 bits per heavy atom. The maximum Gasteiger partial charge on any atom is 0.279 e. The summed E-state index contributed by atoms with van der Waals surface area (Å²) < 4.78 is 7.01. The fraction of sp³-hybridized carbons (Fsp3) is 0.188. The van der Waals surface area contributed by atoms with Crippen molar-refractivity contribution in [2.75, 3.05) is 5.73 Å². The number of ether oxygens (including phenoxy) is 1. The molecule has 0 radical (unpaired) electrons. The second-order valence-corrected chi connectivity index (χ2v) is 5.99. The third-order valence-corrected chi connectivity index (χ3v) is 4.03. The van der Waals surface area contributed by atoms with Gasteiger partial charge in [-0.3, -0.25) is 0 Å². The summed E-state index contributed by atoms with van der Waals surface area (Å²) in [6, 6.07) is 13.8. The van der Waals surface area contributed by atoms with Gasteiger partial charge in [0.25, 0.3) is 5.19 Å². The normalized spacial score (nSPS) is 11.2. The van der Waals surface area contributed by atoms with Crippen LogP contribution in [0.2, 0.25) is 0 Å². The fourth-order valence-corrected chi connectivity index (χ4v) is 2.99. The van der Waals surface area contributed by atoms with E-state index in [0.717, 1.165) is 21.7 Å². The zero-order valence-electron chi connectivity index (χ0n) is 11.5. The Morgan fingerprint density at radius 3 is 2.75 bits per heavy atom. The van der Waals surface area contributed by atoms with E-state index in [-0.39, 0.29) is 0 Å². The summed E-state index contributed by atoms with van der Waals surface area (Å²) in [4.78, 5) is 4.49. The van der Waals surface area contributed by atoms with E-state index in [0.29, 0.717) is 11.1 Å². The number of hydrogen-bond acceptors (Lipinski definition) is 4. The highest BCUT2D eigenvalue weighted by atomic mass is 32.1. The Kier molecular flexibility index (Phi) is 3.32. The number of anilines is 1. The molecule has 0 spiro atoms. The molecule has 20 heavy (non-hydrogen) atoms. The SMILES string of the molecule is CC(C)c1ccccc1Oc1nc2ccc(N)cc2s1. The van der Waals surface area contributed by atoms with Crippen LogP contribution in [0.3, 0.4) is 0 Å². The van der Waals surface area contributed by atoms with Crippen LogP contribution >= 0.6 is 11.3 Å². The highest BCUT2D eigenvalue weighted by Crippen LogP contribution is 2.35. The molecule has 102 valence electrons. The molecule has 0 amide bonds. The minimum Gasteiger partial charge on any atom is -0.431 e.